The van der Waals surface area contributed by atoms with Gasteiger partial charge in [-0.1, -0.05) is 18.2 Å². The van der Waals surface area contributed by atoms with Crippen molar-refractivity contribution >= 4 is 21.5 Å². The maximum atomic E-state index is 13.6. The van der Waals surface area contributed by atoms with Crippen molar-refractivity contribution in [3.05, 3.63) is 78.2 Å². The van der Waals surface area contributed by atoms with Crippen LogP contribution in [0.5, 0.6) is 5.75 Å². The van der Waals surface area contributed by atoms with Crippen LogP contribution in [-0.4, -0.2) is 20.5 Å². The minimum absolute atomic E-state index is 0.104. The van der Waals surface area contributed by atoms with Gasteiger partial charge in [0.15, 0.2) is 0 Å². The van der Waals surface area contributed by atoms with E-state index in [1.807, 2.05) is 0 Å². The number of nitrogens with zero attached hydrogens (tertiary/aromatic N) is 1. The van der Waals surface area contributed by atoms with Crippen molar-refractivity contribution in [2.24, 2.45) is 0 Å². The van der Waals surface area contributed by atoms with Gasteiger partial charge in [-0.2, -0.15) is 0 Å². The van der Waals surface area contributed by atoms with Gasteiger partial charge >= 0.3 is 0 Å². The molecule has 0 amide bonds. The average Bonchev–Trinajstić information content (AvgIpc) is 2.68. The number of methoxy groups -OCH3 is 1. The van der Waals surface area contributed by atoms with E-state index in [4.69, 9.17) is 4.74 Å². The fourth-order valence-electron chi connectivity index (χ4n) is 2.35. The molecule has 1 heterocycles. The normalized spacial score (nSPS) is 11.0. The van der Waals surface area contributed by atoms with Crippen LogP contribution in [0.2, 0.25) is 0 Å². The van der Waals surface area contributed by atoms with E-state index in [1.165, 1.54) is 37.6 Å². The molecule has 8 heteroatoms. The Balaban J connectivity index is 1.65. The molecule has 0 unspecified atom stereocenters. The van der Waals surface area contributed by atoms with Crippen molar-refractivity contribution in [2.45, 2.75) is 11.4 Å². The Morgan fingerprint density at radius 1 is 1.04 bits per heavy atom. The van der Waals surface area contributed by atoms with Gasteiger partial charge in [0.25, 0.3) is 10.0 Å². The number of nitrogens with one attached hydrogen (secondary N) is 2. The zero-order chi connectivity index (χ0) is 19.3. The molecule has 0 saturated heterocycles. The molecule has 1 aromatic heterocycles. The molecule has 2 aromatic carbocycles. The van der Waals surface area contributed by atoms with Crippen LogP contribution in [0.15, 0.2) is 71.8 Å². The second-order valence-corrected chi connectivity index (χ2v) is 7.34. The molecular formula is C19H18FN3O3S. The van der Waals surface area contributed by atoms with E-state index < -0.39 is 10.0 Å². The summed E-state index contributed by atoms with van der Waals surface area (Å²) in [4.78, 5) is 4.19. The number of hydrogen-bond donors (Lipinski definition) is 2. The molecule has 0 aliphatic carbocycles. The highest BCUT2D eigenvalue weighted by molar-refractivity contribution is 7.92. The van der Waals surface area contributed by atoms with Crippen molar-refractivity contribution in [3.8, 4) is 5.75 Å². The highest BCUT2D eigenvalue weighted by atomic mass is 32.2. The lowest BCUT2D eigenvalue weighted by molar-refractivity contribution is 0.414. The molecule has 6 nitrogen and oxygen atoms in total. The molecule has 0 saturated carbocycles. The van der Waals surface area contributed by atoms with E-state index in [0.717, 1.165) is 0 Å². The van der Waals surface area contributed by atoms with E-state index >= 15 is 0 Å². The van der Waals surface area contributed by atoms with Crippen LogP contribution >= 0.6 is 0 Å². The Kier molecular flexibility index (Phi) is 5.56. The minimum atomic E-state index is -3.75. The Hall–Kier alpha value is -3.13. The second-order valence-electron chi connectivity index (χ2n) is 5.66. The van der Waals surface area contributed by atoms with Crippen molar-refractivity contribution in [1.82, 2.24) is 4.98 Å². The third kappa shape index (κ3) is 4.73. The number of ether oxygens (including phenoxy) is 1. The number of benzene rings is 2. The highest BCUT2D eigenvalue weighted by Crippen LogP contribution is 2.19. The van der Waals surface area contributed by atoms with Gasteiger partial charge in [0, 0.05) is 12.1 Å². The van der Waals surface area contributed by atoms with E-state index in [0.29, 0.717) is 23.5 Å². The summed E-state index contributed by atoms with van der Waals surface area (Å²) in [6.07, 6.45) is 1.48. The summed E-state index contributed by atoms with van der Waals surface area (Å²) in [6.45, 7) is 0.297. The lowest BCUT2D eigenvalue weighted by Crippen LogP contribution is -2.14. The smallest absolute Gasteiger partial charge is 0.263 e. The second kappa shape index (κ2) is 8.05. The highest BCUT2D eigenvalue weighted by Gasteiger charge is 2.14. The van der Waals surface area contributed by atoms with E-state index in [1.54, 1.807) is 36.4 Å². The average molecular weight is 387 g/mol. The molecule has 0 atom stereocenters. The van der Waals surface area contributed by atoms with Gasteiger partial charge in [-0.05, 0) is 42.5 Å². The fraction of sp³-hybridized carbons (Fsp3) is 0.105. The first-order chi connectivity index (χ1) is 13.0. The molecule has 140 valence electrons. The van der Waals surface area contributed by atoms with Crippen molar-refractivity contribution in [1.29, 1.82) is 0 Å². The van der Waals surface area contributed by atoms with Gasteiger partial charge in [-0.25, -0.2) is 17.8 Å². The molecule has 0 spiro atoms. The number of hydrogen-bond acceptors (Lipinski definition) is 5. The summed E-state index contributed by atoms with van der Waals surface area (Å²) < 4.78 is 45.8. The number of halogens is 1. The van der Waals surface area contributed by atoms with Crippen LogP contribution in [0.3, 0.4) is 0 Å². The Morgan fingerprint density at radius 3 is 2.41 bits per heavy atom. The van der Waals surface area contributed by atoms with E-state index in [9.17, 15) is 12.8 Å². The summed E-state index contributed by atoms with van der Waals surface area (Å²) in [7, 11) is -2.24. The maximum absolute atomic E-state index is 13.6. The molecular weight excluding hydrogens is 369 g/mol. The fourth-order valence-corrected chi connectivity index (χ4v) is 3.36. The van der Waals surface area contributed by atoms with Crippen molar-refractivity contribution in [3.63, 3.8) is 0 Å². The van der Waals surface area contributed by atoms with Crippen LogP contribution < -0.4 is 14.8 Å². The van der Waals surface area contributed by atoms with Crippen molar-refractivity contribution in [2.75, 3.05) is 17.1 Å². The molecule has 0 fully saturated rings. The predicted octanol–water partition coefficient (Wildman–Crippen LogP) is 3.64. The van der Waals surface area contributed by atoms with Gasteiger partial charge in [0.05, 0.1) is 23.9 Å². The third-order valence-electron chi connectivity index (χ3n) is 3.81. The quantitative estimate of drug-likeness (QED) is 0.647. The molecule has 3 aromatic rings. The first-order valence-electron chi connectivity index (χ1n) is 8.08. The standard InChI is InChI=1S/C19H18FN3O3S/c1-26-16-7-9-17(10-8-16)27(24,25)23-19-11-6-15(13-22-19)21-12-14-4-2-3-5-18(14)20/h2-11,13,21H,12H2,1H3,(H,22,23). The maximum Gasteiger partial charge on any atom is 0.263 e. The number of pyridine rings is 1. The Labute approximate surface area is 157 Å². The molecule has 0 radical (unpaired) electrons. The van der Waals surface area contributed by atoms with Gasteiger partial charge in [-0.15, -0.1) is 0 Å². The number of rotatable bonds is 7. The summed E-state index contributed by atoms with van der Waals surface area (Å²) in [5.41, 5.74) is 1.17. The number of anilines is 2. The Bertz CT molecular complexity index is 1010. The number of aromatic nitrogens is 1. The van der Waals surface area contributed by atoms with Gasteiger partial charge < -0.3 is 10.1 Å². The SMILES string of the molecule is COc1ccc(S(=O)(=O)Nc2ccc(NCc3ccccc3F)cn2)cc1. The van der Waals surface area contributed by atoms with E-state index in [2.05, 4.69) is 15.0 Å². The van der Waals surface area contributed by atoms with Crippen molar-refractivity contribution < 1.29 is 17.5 Å². The van der Waals surface area contributed by atoms with Crippen LogP contribution in [0.1, 0.15) is 5.56 Å². The summed E-state index contributed by atoms with van der Waals surface area (Å²) in [5, 5.41) is 3.04. The van der Waals surface area contributed by atoms with Crippen LogP contribution in [0.4, 0.5) is 15.9 Å². The molecule has 2 N–H and O–H groups in total. The third-order valence-corrected chi connectivity index (χ3v) is 5.18. The summed E-state index contributed by atoms with van der Waals surface area (Å²) in [5.74, 6) is 0.460. The first kappa shape index (κ1) is 18.7. The molecule has 3 rings (SSSR count). The molecule has 0 bridgehead atoms. The lowest BCUT2D eigenvalue weighted by atomic mass is 10.2. The van der Waals surface area contributed by atoms with Crippen LogP contribution in [0, 0.1) is 5.82 Å². The zero-order valence-corrected chi connectivity index (χ0v) is 15.3. The lowest BCUT2D eigenvalue weighted by Gasteiger charge is -2.10. The van der Waals surface area contributed by atoms with Gasteiger partial charge in [0.1, 0.15) is 17.4 Å². The monoisotopic (exact) mass is 387 g/mol. The molecule has 27 heavy (non-hydrogen) atoms. The van der Waals surface area contributed by atoms with Gasteiger partial charge in [0.2, 0.25) is 0 Å². The molecule has 0 aliphatic heterocycles. The topological polar surface area (TPSA) is 80.3 Å². The van der Waals surface area contributed by atoms with E-state index in [-0.39, 0.29) is 16.5 Å². The van der Waals surface area contributed by atoms with Gasteiger partial charge in [-0.3, -0.25) is 4.72 Å². The minimum Gasteiger partial charge on any atom is -0.497 e. The largest absolute Gasteiger partial charge is 0.497 e. The zero-order valence-electron chi connectivity index (χ0n) is 14.5. The van der Waals surface area contributed by atoms with Crippen LogP contribution in [0.25, 0.3) is 0 Å². The summed E-state index contributed by atoms with van der Waals surface area (Å²) in [6, 6.07) is 15.7. The Morgan fingerprint density at radius 2 is 1.78 bits per heavy atom. The molecule has 0 aliphatic rings. The summed E-state index contributed by atoms with van der Waals surface area (Å²) >= 11 is 0. The number of sulfonamides is 1. The first-order valence-corrected chi connectivity index (χ1v) is 9.56. The predicted molar refractivity (Wildman–Crippen MR) is 102 cm³/mol. The van der Waals surface area contributed by atoms with Crippen LogP contribution in [-0.2, 0) is 16.6 Å².